The number of amides is 1. The average Bonchev–Trinajstić information content (AvgIpc) is 2.65. The molecule has 1 amide bonds. The Bertz CT molecular complexity index is 910. The molecule has 27 heavy (non-hydrogen) atoms. The minimum Gasteiger partial charge on any atom is -0.349 e. The summed E-state index contributed by atoms with van der Waals surface area (Å²) in [7, 11) is 1.89. The van der Waals surface area contributed by atoms with Gasteiger partial charge in [-0.2, -0.15) is 11.8 Å². The molecule has 0 aliphatic carbocycles. The van der Waals surface area contributed by atoms with Crippen LogP contribution in [0.4, 0.5) is 5.69 Å². The number of aryl methyl sites for hydroxylation is 3. The highest BCUT2D eigenvalue weighted by Gasteiger charge is 2.23. The predicted molar refractivity (Wildman–Crippen MR) is 119 cm³/mol. The van der Waals surface area contributed by atoms with Crippen molar-refractivity contribution in [3.05, 3.63) is 60.5 Å². The van der Waals surface area contributed by atoms with Crippen LogP contribution in [-0.2, 0) is 25.6 Å². The molecule has 0 aliphatic rings. The number of pyridine rings is 1. The first-order valence-electron chi connectivity index (χ1n) is 9.07. The normalized spacial score (nSPS) is 10.9. The van der Waals surface area contributed by atoms with E-state index in [9.17, 15) is 9.59 Å². The highest BCUT2D eigenvalue weighted by Crippen LogP contribution is 2.26. The molecule has 146 valence electrons. The molecule has 2 rings (SSSR count). The van der Waals surface area contributed by atoms with Crippen LogP contribution >= 0.6 is 27.7 Å². The van der Waals surface area contributed by atoms with Crippen molar-refractivity contribution in [1.29, 1.82) is 0 Å². The fraction of sp³-hybridized carbons (Fsp3) is 0.429. The maximum absolute atomic E-state index is 13.2. The number of halogens is 1. The monoisotopic (exact) mass is 450 g/mol. The summed E-state index contributed by atoms with van der Waals surface area (Å²) in [6.45, 7) is 8.09. The van der Waals surface area contributed by atoms with E-state index in [4.69, 9.17) is 0 Å². The van der Waals surface area contributed by atoms with Gasteiger partial charge in [0.15, 0.2) is 0 Å². The SMILES string of the molecule is CCc1cc(C)cc(CC)c1NC(=O)c1c(CSC)n(C)c(C)c(Br)c1=O. The van der Waals surface area contributed by atoms with E-state index in [1.54, 1.807) is 11.8 Å². The molecule has 1 aromatic carbocycles. The molecular weight excluding hydrogens is 424 g/mol. The number of aromatic nitrogens is 1. The van der Waals surface area contributed by atoms with Gasteiger partial charge >= 0.3 is 0 Å². The van der Waals surface area contributed by atoms with E-state index < -0.39 is 0 Å². The van der Waals surface area contributed by atoms with Crippen LogP contribution in [0.2, 0.25) is 0 Å². The van der Waals surface area contributed by atoms with Crippen LogP contribution < -0.4 is 10.7 Å². The molecular formula is C21H27BrN2O2S. The molecule has 0 saturated carbocycles. The number of thioether (sulfide) groups is 1. The molecule has 0 spiro atoms. The smallest absolute Gasteiger partial charge is 0.261 e. The summed E-state index contributed by atoms with van der Waals surface area (Å²) >= 11 is 4.96. The van der Waals surface area contributed by atoms with Gasteiger partial charge in [-0.25, -0.2) is 0 Å². The molecule has 1 aromatic heterocycles. The minimum absolute atomic E-state index is 0.217. The molecule has 0 bridgehead atoms. The van der Waals surface area contributed by atoms with Gasteiger partial charge in [0, 0.05) is 29.9 Å². The summed E-state index contributed by atoms with van der Waals surface area (Å²) < 4.78 is 2.36. The van der Waals surface area contributed by atoms with Crippen LogP contribution in [0.1, 0.15) is 52.3 Å². The maximum Gasteiger partial charge on any atom is 0.261 e. The predicted octanol–water partition coefficient (Wildman–Crippen LogP) is 5.00. The lowest BCUT2D eigenvalue weighted by atomic mass is 9.99. The summed E-state index contributed by atoms with van der Waals surface area (Å²) in [5, 5.41) is 3.06. The third-order valence-corrected chi connectivity index (χ3v) is 6.39. The molecule has 6 heteroatoms. The van der Waals surface area contributed by atoms with Gasteiger partial charge in [0.05, 0.1) is 4.47 Å². The number of nitrogens with one attached hydrogen (secondary N) is 1. The zero-order chi connectivity index (χ0) is 20.3. The fourth-order valence-corrected chi connectivity index (χ4v) is 4.37. The van der Waals surface area contributed by atoms with Gasteiger partial charge in [0.1, 0.15) is 5.56 Å². The molecule has 0 unspecified atom stereocenters. The molecule has 0 radical (unpaired) electrons. The topological polar surface area (TPSA) is 51.1 Å². The minimum atomic E-state index is -0.339. The number of hydrogen-bond donors (Lipinski definition) is 1. The van der Waals surface area contributed by atoms with Gasteiger partial charge in [-0.1, -0.05) is 31.5 Å². The van der Waals surface area contributed by atoms with Crippen LogP contribution in [0, 0.1) is 13.8 Å². The van der Waals surface area contributed by atoms with Gasteiger partial charge in [0.2, 0.25) is 5.43 Å². The Labute approximate surface area is 173 Å². The number of carbonyl (C=O) groups excluding carboxylic acids is 1. The molecule has 4 nitrogen and oxygen atoms in total. The van der Waals surface area contributed by atoms with E-state index in [1.165, 1.54) is 5.56 Å². The zero-order valence-electron chi connectivity index (χ0n) is 16.8. The van der Waals surface area contributed by atoms with Crippen molar-refractivity contribution < 1.29 is 4.79 Å². The van der Waals surface area contributed by atoms with Gasteiger partial charge < -0.3 is 9.88 Å². The second-order valence-corrected chi connectivity index (χ2v) is 8.32. The van der Waals surface area contributed by atoms with Crippen LogP contribution in [-0.4, -0.2) is 16.7 Å². The van der Waals surface area contributed by atoms with Crippen molar-refractivity contribution >= 4 is 39.3 Å². The maximum atomic E-state index is 13.2. The Hall–Kier alpha value is -1.53. The first kappa shape index (κ1) is 21.8. The van der Waals surface area contributed by atoms with Crippen LogP contribution in [0.3, 0.4) is 0 Å². The quantitative estimate of drug-likeness (QED) is 0.672. The van der Waals surface area contributed by atoms with E-state index in [2.05, 4.69) is 54.2 Å². The lowest BCUT2D eigenvalue weighted by Gasteiger charge is -2.19. The lowest BCUT2D eigenvalue weighted by molar-refractivity contribution is 0.102. The van der Waals surface area contributed by atoms with E-state index in [0.717, 1.165) is 41.0 Å². The highest BCUT2D eigenvalue weighted by atomic mass is 79.9. The van der Waals surface area contributed by atoms with E-state index in [0.29, 0.717) is 10.2 Å². The molecule has 1 heterocycles. The Morgan fingerprint density at radius 3 is 2.22 bits per heavy atom. The van der Waals surface area contributed by atoms with Crippen molar-refractivity contribution in [1.82, 2.24) is 4.57 Å². The lowest BCUT2D eigenvalue weighted by Crippen LogP contribution is -2.29. The number of hydrogen-bond acceptors (Lipinski definition) is 3. The van der Waals surface area contributed by atoms with E-state index >= 15 is 0 Å². The second-order valence-electron chi connectivity index (χ2n) is 6.66. The van der Waals surface area contributed by atoms with Gasteiger partial charge in [-0.15, -0.1) is 0 Å². The van der Waals surface area contributed by atoms with Crippen molar-refractivity contribution in [2.24, 2.45) is 7.05 Å². The largest absolute Gasteiger partial charge is 0.349 e. The first-order chi connectivity index (χ1) is 12.8. The zero-order valence-corrected chi connectivity index (χ0v) is 19.2. The van der Waals surface area contributed by atoms with Crippen LogP contribution in [0.25, 0.3) is 0 Å². The summed E-state index contributed by atoms with van der Waals surface area (Å²) in [6, 6.07) is 4.20. The molecule has 0 aliphatic heterocycles. The fourth-order valence-electron chi connectivity index (χ4n) is 3.30. The number of rotatable bonds is 6. The van der Waals surface area contributed by atoms with Crippen molar-refractivity contribution in [3.63, 3.8) is 0 Å². The van der Waals surface area contributed by atoms with Gasteiger partial charge in [-0.05, 0) is 60.0 Å². The molecule has 0 saturated heterocycles. The molecule has 1 N–H and O–H groups in total. The number of carbonyl (C=O) groups is 1. The third kappa shape index (κ3) is 4.32. The highest BCUT2D eigenvalue weighted by molar-refractivity contribution is 9.10. The summed E-state index contributed by atoms with van der Waals surface area (Å²) in [4.78, 5) is 26.1. The molecule has 2 aromatic rings. The Balaban J connectivity index is 2.63. The first-order valence-corrected chi connectivity index (χ1v) is 11.3. The Morgan fingerprint density at radius 2 is 1.74 bits per heavy atom. The number of nitrogens with zero attached hydrogens (tertiary/aromatic N) is 1. The average molecular weight is 451 g/mol. The summed E-state index contributed by atoms with van der Waals surface area (Å²) in [5.74, 6) is 0.256. The summed E-state index contributed by atoms with van der Waals surface area (Å²) in [6.07, 6.45) is 3.60. The third-order valence-electron chi connectivity index (χ3n) is 4.90. The Kier molecular flexibility index (Phi) is 7.34. The van der Waals surface area contributed by atoms with Crippen LogP contribution in [0.15, 0.2) is 21.4 Å². The molecule has 0 fully saturated rings. The summed E-state index contributed by atoms with van der Waals surface area (Å²) in [5.41, 5.74) is 5.73. The van der Waals surface area contributed by atoms with E-state index in [1.807, 2.05) is 24.8 Å². The standard InChI is InChI=1S/C21H27BrN2O2S/c1-7-14-9-12(3)10-15(8-2)19(14)23-21(26)17-16(11-27-6)24(5)13(4)18(22)20(17)25/h9-10H,7-8,11H2,1-6H3,(H,23,26). The van der Waals surface area contributed by atoms with Crippen molar-refractivity contribution in [2.75, 3.05) is 11.6 Å². The van der Waals surface area contributed by atoms with Crippen molar-refractivity contribution in [2.45, 2.75) is 46.3 Å². The number of benzene rings is 1. The molecule has 0 atom stereocenters. The Morgan fingerprint density at radius 1 is 1.19 bits per heavy atom. The van der Waals surface area contributed by atoms with Gasteiger partial charge in [-0.3, -0.25) is 9.59 Å². The van der Waals surface area contributed by atoms with Crippen LogP contribution in [0.5, 0.6) is 0 Å². The van der Waals surface area contributed by atoms with Gasteiger partial charge in [0.25, 0.3) is 5.91 Å². The number of anilines is 1. The van der Waals surface area contributed by atoms with E-state index in [-0.39, 0.29) is 16.9 Å². The second kappa shape index (κ2) is 9.11. The van der Waals surface area contributed by atoms with Crippen molar-refractivity contribution in [3.8, 4) is 0 Å².